The van der Waals surface area contributed by atoms with Crippen LogP contribution in [0.2, 0.25) is 0 Å². The van der Waals surface area contributed by atoms with E-state index in [0.717, 1.165) is 13.0 Å². The lowest BCUT2D eigenvalue weighted by molar-refractivity contribution is 0.148. The van der Waals surface area contributed by atoms with Crippen LogP contribution in [0.5, 0.6) is 0 Å². The zero-order valence-electron chi connectivity index (χ0n) is 11.0. The van der Waals surface area contributed by atoms with E-state index in [9.17, 15) is 0 Å². The van der Waals surface area contributed by atoms with Gasteiger partial charge in [-0.2, -0.15) is 0 Å². The molecular formula is C13H27N3. The van der Waals surface area contributed by atoms with E-state index in [1.54, 1.807) is 0 Å². The van der Waals surface area contributed by atoms with E-state index in [4.69, 9.17) is 11.1 Å². The predicted molar refractivity (Wildman–Crippen MR) is 69.8 cm³/mol. The number of hydrogen-bond acceptors (Lipinski definition) is 2. The average molecular weight is 225 g/mol. The molecular weight excluding hydrogens is 198 g/mol. The van der Waals surface area contributed by atoms with Crippen LogP contribution < -0.4 is 5.73 Å². The Hall–Kier alpha value is -0.570. The second kappa shape index (κ2) is 6.24. The van der Waals surface area contributed by atoms with Crippen molar-refractivity contribution in [2.45, 2.75) is 65.0 Å². The van der Waals surface area contributed by atoms with Crippen molar-refractivity contribution >= 4 is 5.84 Å². The van der Waals surface area contributed by atoms with Crippen molar-refractivity contribution in [3.8, 4) is 0 Å². The van der Waals surface area contributed by atoms with Crippen LogP contribution in [-0.2, 0) is 0 Å². The lowest BCUT2D eigenvalue weighted by atomic mass is 10.0. The summed E-state index contributed by atoms with van der Waals surface area (Å²) in [7, 11) is 0. The Morgan fingerprint density at radius 1 is 1.38 bits per heavy atom. The van der Waals surface area contributed by atoms with Crippen molar-refractivity contribution < 1.29 is 0 Å². The molecule has 0 spiro atoms. The van der Waals surface area contributed by atoms with E-state index in [-0.39, 0.29) is 6.04 Å². The van der Waals surface area contributed by atoms with Gasteiger partial charge in [0.25, 0.3) is 0 Å². The lowest BCUT2D eigenvalue weighted by Gasteiger charge is -2.36. The second-order valence-corrected chi connectivity index (χ2v) is 5.41. The van der Waals surface area contributed by atoms with Crippen LogP contribution in [0.1, 0.15) is 52.9 Å². The minimum atomic E-state index is 0.158. The van der Waals surface area contributed by atoms with Crippen molar-refractivity contribution in [1.29, 1.82) is 5.41 Å². The van der Waals surface area contributed by atoms with E-state index >= 15 is 0 Å². The van der Waals surface area contributed by atoms with E-state index in [2.05, 4.69) is 25.7 Å². The van der Waals surface area contributed by atoms with Gasteiger partial charge in [-0.05, 0) is 25.2 Å². The SMILES string of the molecule is CCC(C(=N)N)N(CC(C)C)C1CCCC1. The van der Waals surface area contributed by atoms with Gasteiger partial charge in [-0.25, -0.2) is 0 Å². The maximum atomic E-state index is 7.73. The van der Waals surface area contributed by atoms with Crippen LogP contribution in [0.25, 0.3) is 0 Å². The first-order valence-electron chi connectivity index (χ1n) is 6.65. The molecule has 1 fully saturated rings. The molecule has 3 heteroatoms. The summed E-state index contributed by atoms with van der Waals surface area (Å²) in [5.74, 6) is 0.990. The first-order chi connectivity index (χ1) is 7.56. The van der Waals surface area contributed by atoms with Crippen LogP contribution in [0.3, 0.4) is 0 Å². The van der Waals surface area contributed by atoms with Crippen molar-refractivity contribution in [2.75, 3.05) is 6.54 Å². The maximum Gasteiger partial charge on any atom is 0.108 e. The van der Waals surface area contributed by atoms with Crippen molar-refractivity contribution in [2.24, 2.45) is 11.7 Å². The van der Waals surface area contributed by atoms with Gasteiger partial charge in [-0.1, -0.05) is 33.6 Å². The molecule has 1 saturated carbocycles. The molecule has 0 aromatic rings. The number of nitrogens with two attached hydrogens (primary N) is 1. The molecule has 0 aliphatic heterocycles. The summed E-state index contributed by atoms with van der Waals surface area (Å²) in [5.41, 5.74) is 5.73. The van der Waals surface area contributed by atoms with Crippen LogP contribution in [0.4, 0.5) is 0 Å². The van der Waals surface area contributed by atoms with Gasteiger partial charge in [-0.15, -0.1) is 0 Å². The highest BCUT2D eigenvalue weighted by Crippen LogP contribution is 2.26. The topological polar surface area (TPSA) is 53.1 Å². The van der Waals surface area contributed by atoms with Gasteiger partial charge in [0.05, 0.1) is 6.04 Å². The van der Waals surface area contributed by atoms with Gasteiger partial charge in [0.1, 0.15) is 5.84 Å². The molecule has 0 amide bonds. The first kappa shape index (κ1) is 13.5. The number of hydrogen-bond donors (Lipinski definition) is 2. The Morgan fingerprint density at radius 2 is 1.94 bits per heavy atom. The molecule has 0 saturated heterocycles. The Bertz CT molecular complexity index is 219. The average Bonchev–Trinajstić information content (AvgIpc) is 2.68. The van der Waals surface area contributed by atoms with Gasteiger partial charge in [0.2, 0.25) is 0 Å². The van der Waals surface area contributed by atoms with Crippen LogP contribution >= 0.6 is 0 Å². The Balaban J connectivity index is 2.71. The van der Waals surface area contributed by atoms with Gasteiger partial charge in [0.15, 0.2) is 0 Å². The highest BCUT2D eigenvalue weighted by atomic mass is 15.2. The largest absolute Gasteiger partial charge is 0.386 e. The second-order valence-electron chi connectivity index (χ2n) is 5.41. The number of rotatable bonds is 6. The zero-order valence-corrected chi connectivity index (χ0v) is 11.0. The van der Waals surface area contributed by atoms with Gasteiger partial charge in [-0.3, -0.25) is 10.3 Å². The smallest absolute Gasteiger partial charge is 0.108 e. The fraction of sp³-hybridized carbons (Fsp3) is 0.923. The molecule has 1 rings (SSSR count). The summed E-state index contributed by atoms with van der Waals surface area (Å²) in [6.07, 6.45) is 6.22. The molecule has 3 N–H and O–H groups in total. The molecule has 1 atom stereocenters. The molecule has 1 aliphatic carbocycles. The maximum absolute atomic E-state index is 7.73. The normalized spacial score (nSPS) is 19.6. The molecule has 3 nitrogen and oxygen atoms in total. The van der Waals surface area contributed by atoms with Gasteiger partial charge >= 0.3 is 0 Å². The molecule has 0 bridgehead atoms. The molecule has 1 aliphatic rings. The highest BCUT2D eigenvalue weighted by Gasteiger charge is 2.29. The van der Waals surface area contributed by atoms with Crippen LogP contribution in [-0.4, -0.2) is 29.4 Å². The zero-order chi connectivity index (χ0) is 12.1. The highest BCUT2D eigenvalue weighted by molar-refractivity contribution is 5.82. The number of nitrogens with zero attached hydrogens (tertiary/aromatic N) is 1. The van der Waals surface area contributed by atoms with Crippen LogP contribution in [0, 0.1) is 11.3 Å². The molecule has 0 radical (unpaired) electrons. The third-order valence-electron chi connectivity index (χ3n) is 3.52. The lowest BCUT2D eigenvalue weighted by Crippen LogP contribution is -2.49. The molecule has 0 heterocycles. The summed E-state index contributed by atoms with van der Waals surface area (Å²) >= 11 is 0. The minimum Gasteiger partial charge on any atom is -0.386 e. The fourth-order valence-electron chi connectivity index (χ4n) is 2.82. The van der Waals surface area contributed by atoms with Crippen molar-refractivity contribution in [3.63, 3.8) is 0 Å². The predicted octanol–water partition coefficient (Wildman–Crippen LogP) is 2.60. The Labute approximate surface area is 99.9 Å². The van der Waals surface area contributed by atoms with E-state index in [1.165, 1.54) is 25.7 Å². The summed E-state index contributed by atoms with van der Waals surface area (Å²) < 4.78 is 0. The van der Waals surface area contributed by atoms with E-state index in [0.29, 0.717) is 17.8 Å². The summed E-state index contributed by atoms with van der Waals surface area (Å²) in [6.45, 7) is 7.70. The summed E-state index contributed by atoms with van der Waals surface area (Å²) in [5, 5.41) is 7.73. The Kier molecular flexibility index (Phi) is 5.26. The molecule has 0 aromatic carbocycles. The standard InChI is InChI=1S/C13H27N3/c1-4-12(13(14)15)16(9-10(2)3)11-7-5-6-8-11/h10-12H,4-9H2,1-3H3,(H3,14,15). The number of nitrogens with one attached hydrogen (secondary N) is 1. The fourth-order valence-corrected chi connectivity index (χ4v) is 2.82. The van der Waals surface area contributed by atoms with E-state index in [1.807, 2.05) is 0 Å². The van der Waals surface area contributed by atoms with Gasteiger partial charge in [0, 0.05) is 12.6 Å². The molecule has 16 heavy (non-hydrogen) atoms. The monoisotopic (exact) mass is 225 g/mol. The number of amidine groups is 1. The first-order valence-corrected chi connectivity index (χ1v) is 6.65. The molecule has 1 unspecified atom stereocenters. The summed E-state index contributed by atoms with van der Waals surface area (Å²) in [6, 6.07) is 0.821. The third kappa shape index (κ3) is 3.48. The minimum absolute atomic E-state index is 0.158. The molecule has 94 valence electrons. The van der Waals surface area contributed by atoms with Gasteiger partial charge < -0.3 is 5.73 Å². The van der Waals surface area contributed by atoms with Crippen LogP contribution in [0.15, 0.2) is 0 Å². The van der Waals surface area contributed by atoms with E-state index < -0.39 is 0 Å². The third-order valence-corrected chi connectivity index (χ3v) is 3.52. The summed E-state index contributed by atoms with van der Waals surface area (Å²) in [4.78, 5) is 2.49. The quantitative estimate of drug-likeness (QED) is 0.539. The Morgan fingerprint density at radius 3 is 2.31 bits per heavy atom. The van der Waals surface area contributed by atoms with Crippen molar-refractivity contribution in [3.05, 3.63) is 0 Å². The molecule has 0 aromatic heterocycles. The van der Waals surface area contributed by atoms with Crippen molar-refractivity contribution in [1.82, 2.24) is 4.90 Å².